The first-order chi connectivity index (χ1) is 10.7. The molecule has 22 heavy (non-hydrogen) atoms. The molecule has 1 N–H and O–H groups in total. The van der Waals surface area contributed by atoms with Gasteiger partial charge in [0.1, 0.15) is 0 Å². The Morgan fingerprint density at radius 2 is 1.91 bits per heavy atom. The molecule has 0 amide bonds. The molecule has 0 spiro atoms. The second kappa shape index (κ2) is 4.99. The van der Waals surface area contributed by atoms with E-state index in [9.17, 15) is 4.79 Å². The van der Waals surface area contributed by atoms with Gasteiger partial charge in [-0.15, -0.1) is 11.8 Å². The molecule has 2 bridgehead atoms. The van der Waals surface area contributed by atoms with Gasteiger partial charge in [-0.25, -0.2) is 0 Å². The number of thioether (sulfide) groups is 1. The Hall–Kier alpha value is -0.520. The molecule has 1 aromatic heterocycles. The summed E-state index contributed by atoms with van der Waals surface area (Å²) in [6.45, 7) is 0. The average Bonchev–Trinajstić information content (AvgIpc) is 3.19. The van der Waals surface area contributed by atoms with Crippen LogP contribution in [0.3, 0.4) is 0 Å². The van der Waals surface area contributed by atoms with Crippen molar-refractivity contribution >= 4 is 39.0 Å². The van der Waals surface area contributed by atoms with Crippen molar-refractivity contribution in [3.8, 4) is 0 Å². The summed E-state index contributed by atoms with van der Waals surface area (Å²) in [6, 6.07) is 8.74. The third-order valence-corrected chi connectivity index (χ3v) is 8.85. The quantitative estimate of drug-likeness (QED) is 0.750. The number of H-pyrrole nitrogens is 1. The van der Waals surface area contributed by atoms with Gasteiger partial charge in [-0.3, -0.25) is 4.79 Å². The molecule has 0 radical (unpaired) electrons. The zero-order chi connectivity index (χ0) is 14.8. The summed E-state index contributed by atoms with van der Waals surface area (Å²) in [6.07, 6.45) is 4.16. The van der Waals surface area contributed by atoms with Crippen LogP contribution in [-0.4, -0.2) is 10.2 Å². The van der Waals surface area contributed by atoms with Gasteiger partial charge in [-0.2, -0.15) is 0 Å². The van der Waals surface area contributed by atoms with Crippen molar-refractivity contribution in [2.75, 3.05) is 0 Å². The van der Waals surface area contributed by atoms with Crippen LogP contribution in [0.5, 0.6) is 0 Å². The summed E-state index contributed by atoms with van der Waals surface area (Å²) in [5, 5.41) is 1.85. The maximum atomic E-state index is 11.9. The van der Waals surface area contributed by atoms with E-state index in [2.05, 4.69) is 45.2 Å². The maximum Gasteiger partial charge on any atom is 0.305 e. The van der Waals surface area contributed by atoms with Crippen LogP contribution in [0.25, 0.3) is 0 Å². The summed E-state index contributed by atoms with van der Waals surface area (Å²) in [7, 11) is 0. The summed E-state index contributed by atoms with van der Waals surface area (Å²) in [5.41, 5.74) is 1.38. The van der Waals surface area contributed by atoms with E-state index in [1.807, 2.05) is 11.8 Å². The van der Waals surface area contributed by atoms with E-state index in [0.29, 0.717) is 17.1 Å². The number of aromatic nitrogens is 1. The van der Waals surface area contributed by atoms with Gasteiger partial charge in [0.05, 0.1) is 5.03 Å². The standard InChI is InChI=1S/C17H16BrNOS2/c18-11-5-3-8(4-6-11)12-13-9-1-2-10(7-9)14(13)21-16-15(12)22-17(20)19-16/h3-6,9-10,12-14H,1-2,7H2,(H,19,20)/t9-,10-,12+,13-,14+/m0/s1. The molecule has 114 valence electrons. The first-order valence-electron chi connectivity index (χ1n) is 7.86. The summed E-state index contributed by atoms with van der Waals surface area (Å²) in [5.74, 6) is 2.83. The zero-order valence-corrected chi connectivity index (χ0v) is 15.1. The highest BCUT2D eigenvalue weighted by Gasteiger charge is 2.54. The smallest absolute Gasteiger partial charge is 0.305 e. The lowest BCUT2D eigenvalue weighted by Gasteiger charge is -2.40. The Morgan fingerprint density at radius 1 is 1.14 bits per heavy atom. The van der Waals surface area contributed by atoms with E-state index in [1.165, 1.54) is 41.0 Å². The van der Waals surface area contributed by atoms with Crippen molar-refractivity contribution in [1.82, 2.24) is 4.98 Å². The number of nitrogens with one attached hydrogen (secondary N) is 1. The Labute approximate surface area is 145 Å². The lowest BCUT2D eigenvalue weighted by molar-refractivity contribution is 0.307. The number of benzene rings is 1. The molecule has 2 fully saturated rings. The minimum absolute atomic E-state index is 0.104. The molecule has 5 heteroatoms. The lowest BCUT2D eigenvalue weighted by atomic mass is 9.75. The number of aromatic amines is 1. The molecule has 2 aliphatic carbocycles. The summed E-state index contributed by atoms with van der Waals surface area (Å²) < 4.78 is 1.12. The van der Waals surface area contributed by atoms with E-state index < -0.39 is 0 Å². The van der Waals surface area contributed by atoms with Crippen LogP contribution in [0.4, 0.5) is 0 Å². The molecule has 2 heterocycles. The van der Waals surface area contributed by atoms with E-state index in [4.69, 9.17) is 0 Å². The topological polar surface area (TPSA) is 32.9 Å². The van der Waals surface area contributed by atoms with Crippen LogP contribution in [0, 0.1) is 17.8 Å². The van der Waals surface area contributed by atoms with E-state index in [0.717, 1.165) is 21.3 Å². The van der Waals surface area contributed by atoms with Gasteiger partial charge >= 0.3 is 4.87 Å². The number of fused-ring (bicyclic) bond motifs is 6. The van der Waals surface area contributed by atoms with Crippen LogP contribution < -0.4 is 4.87 Å². The maximum absolute atomic E-state index is 11.9. The fourth-order valence-corrected chi connectivity index (χ4v) is 8.05. The van der Waals surface area contributed by atoms with E-state index in [1.54, 1.807) is 0 Å². The molecule has 1 aliphatic heterocycles. The van der Waals surface area contributed by atoms with Gasteiger partial charge in [-0.05, 0) is 54.7 Å². The monoisotopic (exact) mass is 393 g/mol. The lowest BCUT2D eigenvalue weighted by Crippen LogP contribution is -2.33. The van der Waals surface area contributed by atoms with Gasteiger partial charge in [0.2, 0.25) is 0 Å². The molecule has 5 atom stereocenters. The second-order valence-corrected chi connectivity index (χ2v) is 9.85. The Kier molecular flexibility index (Phi) is 3.15. The fourth-order valence-electron chi connectivity index (χ4n) is 4.89. The van der Waals surface area contributed by atoms with Gasteiger partial charge in [0.15, 0.2) is 0 Å². The molecule has 0 saturated heterocycles. The second-order valence-electron chi connectivity index (χ2n) is 6.73. The molecule has 0 unspecified atom stereocenters. The SMILES string of the molecule is O=c1[nH]c2c(s1)[C@H](c1ccc(Br)cc1)[C@@H]1[C@H]3CC[C@@H](C3)[C@H]1S2. The molecular formula is C17H16BrNOS2. The fraction of sp³-hybridized carbons (Fsp3) is 0.471. The first-order valence-corrected chi connectivity index (χ1v) is 10.3. The largest absolute Gasteiger partial charge is 0.307 e. The van der Waals surface area contributed by atoms with Gasteiger partial charge in [0, 0.05) is 20.5 Å². The summed E-state index contributed by atoms with van der Waals surface area (Å²) in [4.78, 5) is 16.4. The predicted octanol–water partition coefficient (Wildman–Crippen LogP) is 4.85. The minimum atomic E-state index is 0.104. The molecular weight excluding hydrogens is 378 g/mol. The number of hydrogen-bond donors (Lipinski definition) is 1. The summed E-state index contributed by atoms with van der Waals surface area (Å²) >= 11 is 6.93. The molecule has 5 rings (SSSR count). The average molecular weight is 394 g/mol. The first kappa shape index (κ1) is 13.9. The zero-order valence-electron chi connectivity index (χ0n) is 11.9. The van der Waals surface area contributed by atoms with Crippen molar-refractivity contribution < 1.29 is 0 Å². The van der Waals surface area contributed by atoms with Crippen molar-refractivity contribution in [3.05, 3.63) is 48.8 Å². The third kappa shape index (κ3) is 1.95. The van der Waals surface area contributed by atoms with E-state index >= 15 is 0 Å². The number of rotatable bonds is 1. The van der Waals surface area contributed by atoms with Crippen LogP contribution in [-0.2, 0) is 0 Å². The Bertz CT molecular complexity index is 781. The van der Waals surface area contributed by atoms with Crippen LogP contribution in [0.2, 0.25) is 0 Å². The predicted molar refractivity (Wildman–Crippen MR) is 94.9 cm³/mol. The molecule has 3 aliphatic rings. The highest BCUT2D eigenvalue weighted by Crippen LogP contribution is 2.63. The van der Waals surface area contributed by atoms with Gasteiger partial charge < -0.3 is 4.98 Å². The molecule has 2 saturated carbocycles. The van der Waals surface area contributed by atoms with Crippen LogP contribution >= 0.6 is 39.0 Å². The number of thiazole rings is 1. The molecule has 2 nitrogen and oxygen atoms in total. The Balaban J connectivity index is 1.68. The number of halogens is 1. The van der Waals surface area contributed by atoms with E-state index in [-0.39, 0.29) is 4.87 Å². The Morgan fingerprint density at radius 3 is 2.73 bits per heavy atom. The van der Waals surface area contributed by atoms with Crippen molar-refractivity contribution in [3.63, 3.8) is 0 Å². The molecule has 2 aromatic rings. The van der Waals surface area contributed by atoms with Gasteiger partial charge in [0.25, 0.3) is 0 Å². The highest BCUT2D eigenvalue weighted by molar-refractivity contribution is 9.10. The third-order valence-electron chi connectivity index (χ3n) is 5.69. The van der Waals surface area contributed by atoms with Crippen molar-refractivity contribution in [2.45, 2.75) is 35.5 Å². The number of hydrogen-bond acceptors (Lipinski definition) is 3. The van der Waals surface area contributed by atoms with Gasteiger partial charge in [-0.1, -0.05) is 39.4 Å². The van der Waals surface area contributed by atoms with Crippen molar-refractivity contribution in [2.24, 2.45) is 17.8 Å². The minimum Gasteiger partial charge on any atom is -0.307 e. The van der Waals surface area contributed by atoms with Crippen LogP contribution in [0.15, 0.2) is 38.6 Å². The van der Waals surface area contributed by atoms with Crippen molar-refractivity contribution in [1.29, 1.82) is 0 Å². The highest BCUT2D eigenvalue weighted by atomic mass is 79.9. The normalized spacial score (nSPS) is 35.4. The van der Waals surface area contributed by atoms with Crippen LogP contribution in [0.1, 0.15) is 35.6 Å². The molecule has 1 aromatic carbocycles.